The molecule has 1 heterocycles. The van der Waals surface area contributed by atoms with E-state index >= 15 is 0 Å². The molecule has 16 heavy (non-hydrogen) atoms. The number of carbonyl (C=O) groups excluding carboxylic acids is 1. The quantitative estimate of drug-likeness (QED) is 0.593. The number of anilines is 2. The van der Waals surface area contributed by atoms with Crippen molar-refractivity contribution in [3.63, 3.8) is 0 Å². The molecule has 0 aliphatic carbocycles. The Labute approximate surface area is 91.4 Å². The fourth-order valence-electron chi connectivity index (χ4n) is 1.90. The van der Waals surface area contributed by atoms with Crippen molar-refractivity contribution in [1.29, 1.82) is 0 Å². The van der Waals surface area contributed by atoms with E-state index in [2.05, 4.69) is 0 Å². The number of nitrogens with two attached hydrogens (primary N) is 2. The monoisotopic (exact) mass is 221 g/mol. The molecule has 1 aromatic carbocycles. The molecule has 6 nitrogen and oxygen atoms in total. The van der Waals surface area contributed by atoms with Crippen LogP contribution in [0.4, 0.5) is 16.2 Å². The maximum Gasteiger partial charge on any atom is 0.411 e. The molecule has 2 amide bonds. The number of benzene rings is 1. The first-order chi connectivity index (χ1) is 7.50. The van der Waals surface area contributed by atoms with Crippen molar-refractivity contribution in [2.45, 2.75) is 5.92 Å². The molecule has 1 atom stereocenters. The van der Waals surface area contributed by atoms with E-state index in [1.807, 2.05) is 0 Å². The van der Waals surface area contributed by atoms with Gasteiger partial charge in [-0.05, 0) is 23.8 Å². The average molecular weight is 221 g/mol. The molecule has 1 aliphatic heterocycles. The highest BCUT2D eigenvalue weighted by atomic mass is 16.4. The van der Waals surface area contributed by atoms with E-state index in [1.54, 1.807) is 18.2 Å². The highest BCUT2D eigenvalue weighted by Crippen LogP contribution is 2.37. The fraction of sp³-hybridized carbons (Fsp3) is 0.200. The molecule has 2 rings (SSSR count). The molecule has 1 aliphatic rings. The molecular weight excluding hydrogens is 210 g/mol. The van der Waals surface area contributed by atoms with Crippen molar-refractivity contribution in [3.8, 4) is 0 Å². The molecular formula is C10H11N3O3. The Morgan fingerprint density at radius 3 is 2.69 bits per heavy atom. The lowest BCUT2D eigenvalue weighted by atomic mass is 10.0. The molecule has 6 heteroatoms. The summed E-state index contributed by atoms with van der Waals surface area (Å²) in [5.74, 6) is -1.16. The second-order valence-corrected chi connectivity index (χ2v) is 3.67. The van der Waals surface area contributed by atoms with E-state index in [4.69, 9.17) is 16.6 Å². The Morgan fingerprint density at radius 1 is 1.44 bits per heavy atom. The van der Waals surface area contributed by atoms with Crippen LogP contribution in [0.25, 0.3) is 0 Å². The molecule has 5 N–H and O–H groups in total. The number of hydrogen-bond donors (Lipinski definition) is 3. The SMILES string of the molecule is NC(=O)C1CN(C(=O)O)c2ccc(N)cc21. The van der Waals surface area contributed by atoms with E-state index in [0.29, 0.717) is 16.9 Å². The number of amides is 2. The van der Waals surface area contributed by atoms with Gasteiger partial charge in [-0.1, -0.05) is 0 Å². The number of carbonyl (C=O) groups is 2. The van der Waals surface area contributed by atoms with Gasteiger partial charge < -0.3 is 16.6 Å². The third-order valence-electron chi connectivity index (χ3n) is 2.66. The molecule has 0 aromatic heterocycles. The van der Waals surface area contributed by atoms with E-state index in [9.17, 15) is 9.59 Å². The van der Waals surface area contributed by atoms with Crippen LogP contribution in [0.3, 0.4) is 0 Å². The van der Waals surface area contributed by atoms with Gasteiger partial charge in [0, 0.05) is 12.2 Å². The van der Waals surface area contributed by atoms with Crippen LogP contribution in [0, 0.1) is 0 Å². The van der Waals surface area contributed by atoms with Gasteiger partial charge in [-0.2, -0.15) is 0 Å². The van der Waals surface area contributed by atoms with Crippen LogP contribution >= 0.6 is 0 Å². The number of nitrogens with zero attached hydrogens (tertiary/aromatic N) is 1. The van der Waals surface area contributed by atoms with Crippen LogP contribution in [-0.2, 0) is 4.79 Å². The van der Waals surface area contributed by atoms with E-state index in [-0.39, 0.29) is 6.54 Å². The first-order valence-electron chi connectivity index (χ1n) is 4.70. The van der Waals surface area contributed by atoms with Gasteiger partial charge in [-0.3, -0.25) is 9.69 Å². The highest BCUT2D eigenvalue weighted by molar-refractivity contribution is 5.96. The van der Waals surface area contributed by atoms with Gasteiger partial charge in [0.2, 0.25) is 5.91 Å². The van der Waals surface area contributed by atoms with Crippen LogP contribution in [0.15, 0.2) is 18.2 Å². The second-order valence-electron chi connectivity index (χ2n) is 3.67. The summed E-state index contributed by atoms with van der Waals surface area (Å²) in [6.45, 7) is 0.0590. The van der Waals surface area contributed by atoms with Crippen LogP contribution in [0.5, 0.6) is 0 Å². The van der Waals surface area contributed by atoms with Gasteiger partial charge in [-0.15, -0.1) is 0 Å². The minimum Gasteiger partial charge on any atom is -0.465 e. The van der Waals surface area contributed by atoms with Crippen molar-refractivity contribution in [3.05, 3.63) is 23.8 Å². The summed E-state index contributed by atoms with van der Waals surface area (Å²) in [5.41, 5.74) is 12.4. The minimum atomic E-state index is -1.10. The van der Waals surface area contributed by atoms with E-state index in [0.717, 1.165) is 4.90 Å². The van der Waals surface area contributed by atoms with Gasteiger partial charge in [0.05, 0.1) is 11.6 Å². The lowest BCUT2D eigenvalue weighted by Gasteiger charge is -2.12. The van der Waals surface area contributed by atoms with Crippen LogP contribution in [0.2, 0.25) is 0 Å². The summed E-state index contributed by atoms with van der Waals surface area (Å²) in [5, 5.41) is 8.97. The molecule has 0 radical (unpaired) electrons. The zero-order valence-corrected chi connectivity index (χ0v) is 8.38. The standard InChI is InChI=1S/C10H11N3O3/c11-5-1-2-8-6(3-5)7(9(12)14)4-13(8)10(15)16/h1-3,7H,4,11H2,(H2,12,14)(H,15,16). The summed E-state index contributed by atoms with van der Waals surface area (Å²) < 4.78 is 0. The Balaban J connectivity index is 2.52. The number of rotatable bonds is 1. The smallest absolute Gasteiger partial charge is 0.411 e. The summed E-state index contributed by atoms with van der Waals surface area (Å²) in [4.78, 5) is 23.3. The third-order valence-corrected chi connectivity index (χ3v) is 2.66. The molecule has 0 fully saturated rings. The lowest BCUT2D eigenvalue weighted by Crippen LogP contribution is -2.31. The maximum absolute atomic E-state index is 11.2. The molecule has 0 bridgehead atoms. The summed E-state index contributed by atoms with van der Waals surface area (Å²) in [7, 11) is 0. The van der Waals surface area contributed by atoms with E-state index in [1.165, 1.54) is 0 Å². The van der Waals surface area contributed by atoms with Crippen molar-refractivity contribution in [2.24, 2.45) is 5.73 Å². The van der Waals surface area contributed by atoms with Crippen LogP contribution in [0.1, 0.15) is 11.5 Å². The fourth-order valence-corrected chi connectivity index (χ4v) is 1.90. The minimum absolute atomic E-state index is 0.0590. The molecule has 1 unspecified atom stereocenters. The van der Waals surface area contributed by atoms with Gasteiger partial charge in [0.25, 0.3) is 0 Å². The number of primary amides is 1. The maximum atomic E-state index is 11.2. The first kappa shape index (κ1) is 10.3. The summed E-state index contributed by atoms with van der Waals surface area (Å²) in [6.07, 6.45) is -1.10. The van der Waals surface area contributed by atoms with Crippen molar-refractivity contribution in [2.75, 3.05) is 17.2 Å². The molecule has 1 aromatic rings. The Morgan fingerprint density at radius 2 is 2.12 bits per heavy atom. The molecule has 0 saturated heterocycles. The van der Waals surface area contributed by atoms with Crippen molar-refractivity contribution in [1.82, 2.24) is 0 Å². The zero-order valence-electron chi connectivity index (χ0n) is 8.38. The highest BCUT2D eigenvalue weighted by Gasteiger charge is 2.35. The lowest BCUT2D eigenvalue weighted by molar-refractivity contribution is -0.119. The van der Waals surface area contributed by atoms with Crippen LogP contribution in [-0.4, -0.2) is 23.7 Å². The van der Waals surface area contributed by atoms with Gasteiger partial charge in [-0.25, -0.2) is 4.79 Å². The Hall–Kier alpha value is -2.24. The third kappa shape index (κ3) is 1.44. The van der Waals surface area contributed by atoms with Gasteiger partial charge in [0.15, 0.2) is 0 Å². The predicted molar refractivity (Wildman–Crippen MR) is 58.2 cm³/mol. The number of carboxylic acid groups (broad SMARTS) is 1. The van der Waals surface area contributed by atoms with Gasteiger partial charge in [0.1, 0.15) is 0 Å². The number of fused-ring (bicyclic) bond motifs is 1. The molecule has 0 saturated carbocycles. The molecule has 0 spiro atoms. The van der Waals surface area contributed by atoms with Crippen LogP contribution < -0.4 is 16.4 Å². The Kier molecular flexibility index (Phi) is 2.19. The molecule has 84 valence electrons. The number of hydrogen-bond acceptors (Lipinski definition) is 3. The topological polar surface area (TPSA) is 110 Å². The summed E-state index contributed by atoms with van der Waals surface area (Å²) >= 11 is 0. The van der Waals surface area contributed by atoms with E-state index < -0.39 is 17.9 Å². The Bertz CT molecular complexity index is 472. The average Bonchev–Trinajstić information content (AvgIpc) is 2.56. The first-order valence-corrected chi connectivity index (χ1v) is 4.70. The normalized spacial score (nSPS) is 18.2. The second kappa shape index (κ2) is 3.41. The van der Waals surface area contributed by atoms with Crippen molar-refractivity contribution < 1.29 is 14.7 Å². The predicted octanol–water partition coefficient (Wildman–Crippen LogP) is 0.336. The number of nitrogen functional groups attached to an aromatic ring is 1. The summed E-state index contributed by atoms with van der Waals surface area (Å²) in [6, 6.07) is 4.77. The largest absolute Gasteiger partial charge is 0.465 e. The van der Waals surface area contributed by atoms with Gasteiger partial charge >= 0.3 is 6.09 Å². The van der Waals surface area contributed by atoms with Crippen molar-refractivity contribution >= 4 is 23.4 Å². The zero-order chi connectivity index (χ0) is 11.9.